The smallest absolute Gasteiger partial charge is 0.327 e. The van der Waals surface area contributed by atoms with Gasteiger partial charge >= 0.3 is 17.7 Å². The van der Waals surface area contributed by atoms with Crippen molar-refractivity contribution in [2.24, 2.45) is 0 Å². The molecule has 1 aliphatic rings. The molecule has 1 atom stereocenters. The highest BCUT2D eigenvalue weighted by Crippen LogP contribution is 2.20. The van der Waals surface area contributed by atoms with E-state index < -0.39 is 0 Å². The molecule has 1 unspecified atom stereocenters. The van der Waals surface area contributed by atoms with Gasteiger partial charge in [-0.15, -0.1) is 0 Å². The van der Waals surface area contributed by atoms with Crippen LogP contribution in [-0.2, 0) is 33.8 Å². The van der Waals surface area contributed by atoms with Crippen molar-refractivity contribution >= 4 is 28.9 Å². The molecule has 1 fully saturated rings. The van der Waals surface area contributed by atoms with Crippen LogP contribution in [0.5, 0.6) is 6.01 Å². The quantitative estimate of drug-likeness (QED) is 0.144. The SMILES string of the molecule is CCCCOc1nc(N)c2[nH]c(=O)n(CCCC3CN(CC(=O)NCc4ccc(CC(=O)OC)cc4)CCN3CCN(C)C)c2n1. The molecule has 0 radical (unpaired) electrons. The average molecular weight is 640 g/mol. The molecule has 14 heteroatoms. The highest BCUT2D eigenvalue weighted by Gasteiger charge is 2.28. The largest absolute Gasteiger partial charge is 0.469 e. The highest BCUT2D eigenvalue weighted by atomic mass is 16.5. The molecule has 3 aromatic rings. The number of nitrogens with zero attached hydrogens (tertiary/aromatic N) is 6. The molecule has 0 aliphatic carbocycles. The van der Waals surface area contributed by atoms with Gasteiger partial charge in [-0.25, -0.2) is 4.79 Å². The number of aromatic nitrogens is 4. The maximum atomic E-state index is 12.9. The maximum Gasteiger partial charge on any atom is 0.327 e. The number of aromatic amines is 1. The van der Waals surface area contributed by atoms with Crippen LogP contribution in [0.4, 0.5) is 5.82 Å². The third-order valence-corrected chi connectivity index (χ3v) is 8.26. The predicted molar refractivity (Wildman–Crippen MR) is 177 cm³/mol. The van der Waals surface area contributed by atoms with Crippen LogP contribution in [0.25, 0.3) is 11.2 Å². The van der Waals surface area contributed by atoms with Crippen LogP contribution < -0.4 is 21.5 Å². The molecule has 4 N–H and O–H groups in total. The third-order valence-electron chi connectivity index (χ3n) is 8.26. The molecule has 4 rings (SSSR count). The Kier molecular flexibility index (Phi) is 12.9. The van der Waals surface area contributed by atoms with Gasteiger partial charge in [-0.1, -0.05) is 37.6 Å². The van der Waals surface area contributed by atoms with Crippen LogP contribution in [0.2, 0.25) is 0 Å². The number of nitrogens with one attached hydrogen (secondary N) is 2. The highest BCUT2D eigenvalue weighted by molar-refractivity contribution is 5.81. The van der Waals surface area contributed by atoms with E-state index in [2.05, 4.69) is 56.0 Å². The summed E-state index contributed by atoms with van der Waals surface area (Å²) in [5.74, 6) is -0.118. The van der Waals surface area contributed by atoms with E-state index in [1.807, 2.05) is 24.3 Å². The first kappa shape index (κ1) is 34.9. The molecule has 1 saturated heterocycles. The standard InChI is InChI=1S/C32H49N9O5/c1-5-6-18-46-31-36-29(33)28-30(37-31)41(32(44)35-28)13-7-8-25-21-39(15-17-40(25)16-14-38(2)3)22-26(42)34-20-24-11-9-23(10-12-24)19-27(43)45-4/h9-12,25H,5-8,13-22H2,1-4H3,(H,34,42)(H,35,44)(H2,33,36,37). The third kappa shape index (κ3) is 9.99. The van der Waals surface area contributed by atoms with Crippen LogP contribution >= 0.6 is 0 Å². The lowest BCUT2D eigenvalue weighted by molar-refractivity contribution is -0.139. The minimum atomic E-state index is -0.283. The van der Waals surface area contributed by atoms with Gasteiger partial charge in [-0.05, 0) is 44.5 Å². The van der Waals surface area contributed by atoms with Crippen LogP contribution in [-0.4, -0.2) is 119 Å². The second-order valence-electron chi connectivity index (χ2n) is 12.1. The monoisotopic (exact) mass is 639 g/mol. The minimum Gasteiger partial charge on any atom is -0.469 e. The number of likely N-dealkylation sites (N-methyl/N-ethyl adjacent to an activating group) is 1. The van der Waals surface area contributed by atoms with E-state index in [0.717, 1.165) is 69.5 Å². The summed E-state index contributed by atoms with van der Waals surface area (Å²) in [6.45, 7) is 8.07. The number of methoxy groups -OCH3 is 1. The molecule has 0 bridgehead atoms. The first-order chi connectivity index (χ1) is 22.2. The summed E-state index contributed by atoms with van der Waals surface area (Å²) in [4.78, 5) is 55.6. The number of unbranched alkanes of at least 4 members (excludes halogenated alkanes) is 1. The number of anilines is 1. The number of hydrogen-bond acceptors (Lipinski definition) is 11. The number of esters is 1. The van der Waals surface area contributed by atoms with Gasteiger partial charge in [-0.2, -0.15) is 9.97 Å². The van der Waals surface area contributed by atoms with E-state index in [0.29, 0.717) is 37.4 Å². The summed E-state index contributed by atoms with van der Waals surface area (Å²) in [7, 11) is 5.51. The topological polar surface area (TPSA) is 164 Å². The Morgan fingerprint density at radius 3 is 2.59 bits per heavy atom. The summed E-state index contributed by atoms with van der Waals surface area (Å²) in [5, 5.41) is 3.03. The number of amides is 1. The zero-order valence-corrected chi connectivity index (χ0v) is 27.6. The molecular formula is C32H49N9O5. The molecule has 1 amide bonds. The Morgan fingerprint density at radius 1 is 1.11 bits per heavy atom. The number of H-pyrrole nitrogens is 1. The van der Waals surface area contributed by atoms with Crippen LogP contribution in [0.1, 0.15) is 43.7 Å². The molecule has 0 saturated carbocycles. The van der Waals surface area contributed by atoms with Gasteiger partial charge in [-0.3, -0.25) is 24.0 Å². The summed E-state index contributed by atoms with van der Waals surface area (Å²) in [5.41, 5.74) is 8.56. The van der Waals surface area contributed by atoms with Gasteiger partial charge < -0.3 is 30.4 Å². The van der Waals surface area contributed by atoms with Gasteiger partial charge in [0, 0.05) is 51.9 Å². The number of carbonyl (C=O) groups excluding carboxylic acids is 2. The number of nitrogen functional groups attached to an aromatic ring is 1. The van der Waals surface area contributed by atoms with Crippen molar-refractivity contribution in [2.45, 2.75) is 58.2 Å². The number of nitrogens with two attached hydrogens (primary N) is 1. The van der Waals surface area contributed by atoms with E-state index in [1.165, 1.54) is 7.11 Å². The Balaban J connectivity index is 1.34. The lowest BCUT2D eigenvalue weighted by Gasteiger charge is -2.41. The number of piperazine rings is 1. The number of ether oxygens (including phenoxy) is 2. The van der Waals surface area contributed by atoms with Crippen molar-refractivity contribution in [3.63, 3.8) is 0 Å². The number of hydrogen-bond donors (Lipinski definition) is 3. The van der Waals surface area contributed by atoms with Gasteiger partial charge in [0.05, 0.1) is 26.7 Å². The van der Waals surface area contributed by atoms with Crippen molar-refractivity contribution in [2.75, 3.05) is 72.8 Å². The fourth-order valence-electron chi connectivity index (χ4n) is 5.57. The summed E-state index contributed by atoms with van der Waals surface area (Å²) < 4.78 is 12.0. The number of rotatable bonds is 17. The second kappa shape index (κ2) is 17.1. The van der Waals surface area contributed by atoms with Crippen molar-refractivity contribution in [3.05, 3.63) is 45.9 Å². The molecule has 252 valence electrons. The van der Waals surface area contributed by atoms with Crippen LogP contribution in [0.3, 0.4) is 0 Å². The van der Waals surface area contributed by atoms with Gasteiger partial charge in [0.25, 0.3) is 0 Å². The first-order valence-electron chi connectivity index (χ1n) is 16.1. The maximum absolute atomic E-state index is 12.9. The van der Waals surface area contributed by atoms with E-state index in [9.17, 15) is 14.4 Å². The summed E-state index contributed by atoms with van der Waals surface area (Å²) >= 11 is 0. The second-order valence-corrected chi connectivity index (χ2v) is 12.1. The summed E-state index contributed by atoms with van der Waals surface area (Å²) in [6, 6.07) is 8.00. The Labute approximate surface area is 270 Å². The number of aryl methyl sites for hydroxylation is 1. The van der Waals surface area contributed by atoms with Crippen molar-refractivity contribution in [1.29, 1.82) is 0 Å². The van der Waals surface area contributed by atoms with E-state index in [-0.39, 0.29) is 41.9 Å². The van der Waals surface area contributed by atoms with Crippen LogP contribution in [0.15, 0.2) is 29.1 Å². The molecule has 0 spiro atoms. The number of fused-ring (bicyclic) bond motifs is 1. The van der Waals surface area contributed by atoms with Gasteiger partial charge in [0.1, 0.15) is 5.52 Å². The van der Waals surface area contributed by atoms with Crippen LogP contribution in [0, 0.1) is 0 Å². The van der Waals surface area contributed by atoms with Gasteiger partial charge in [0.2, 0.25) is 5.91 Å². The fourth-order valence-corrected chi connectivity index (χ4v) is 5.57. The van der Waals surface area contributed by atoms with E-state index in [1.54, 1.807) is 4.57 Å². The number of imidazole rings is 1. The Bertz CT molecular complexity index is 1490. The average Bonchev–Trinajstić information content (AvgIpc) is 3.35. The predicted octanol–water partition coefficient (Wildman–Crippen LogP) is 1.24. The Morgan fingerprint density at radius 2 is 1.87 bits per heavy atom. The molecule has 46 heavy (non-hydrogen) atoms. The zero-order valence-electron chi connectivity index (χ0n) is 27.6. The normalized spacial score (nSPS) is 15.8. The molecule has 2 aromatic heterocycles. The lowest BCUT2D eigenvalue weighted by atomic mass is 10.1. The van der Waals surface area contributed by atoms with E-state index in [4.69, 9.17) is 15.2 Å². The molecule has 14 nitrogen and oxygen atoms in total. The first-order valence-corrected chi connectivity index (χ1v) is 16.1. The molecule has 1 aromatic carbocycles. The van der Waals surface area contributed by atoms with Gasteiger partial charge in [0.15, 0.2) is 11.5 Å². The number of carbonyl (C=O) groups is 2. The fraction of sp³-hybridized carbons (Fsp3) is 0.594. The lowest BCUT2D eigenvalue weighted by Crippen LogP contribution is -2.56. The van der Waals surface area contributed by atoms with Crippen molar-refractivity contribution < 1.29 is 19.1 Å². The summed E-state index contributed by atoms with van der Waals surface area (Å²) in [6.07, 6.45) is 3.68. The molecule has 3 heterocycles. The number of benzene rings is 1. The zero-order chi connectivity index (χ0) is 33.1. The molecule has 1 aliphatic heterocycles. The molecular weight excluding hydrogens is 590 g/mol. The Hall–Kier alpha value is -4.01. The minimum absolute atomic E-state index is 0.0290. The van der Waals surface area contributed by atoms with E-state index >= 15 is 0 Å². The van der Waals surface area contributed by atoms with Crippen molar-refractivity contribution in [1.82, 2.24) is 39.5 Å². The van der Waals surface area contributed by atoms with Crippen molar-refractivity contribution in [3.8, 4) is 6.01 Å².